The van der Waals surface area contributed by atoms with Crippen LogP contribution in [0.1, 0.15) is 52.5 Å². The van der Waals surface area contributed by atoms with Crippen molar-refractivity contribution in [2.24, 2.45) is 5.92 Å². The van der Waals surface area contributed by atoms with Crippen molar-refractivity contribution in [3.8, 4) is 0 Å². The van der Waals surface area contributed by atoms with Gasteiger partial charge in [0.2, 0.25) is 0 Å². The maximum atomic E-state index is 12.8. The summed E-state index contributed by atoms with van der Waals surface area (Å²) < 4.78 is 35.6. The molecule has 0 radical (unpaired) electrons. The SMILES string of the molecule is [2H]C([2H])([2H])[C@H](C[Se]c1ccccc1)[C@@H](NC(=O)OC(C)(C)C)C(=O)OC(C)(C)C. The van der Waals surface area contributed by atoms with Crippen LogP contribution in [0.2, 0.25) is 5.32 Å². The molecule has 1 rings (SSSR count). The molecule has 0 aliphatic carbocycles. The first kappa shape index (κ1) is 17.9. The van der Waals surface area contributed by atoms with E-state index in [-0.39, 0.29) is 20.3 Å². The van der Waals surface area contributed by atoms with Crippen LogP contribution in [0.5, 0.6) is 0 Å². The second-order valence-corrected chi connectivity index (χ2v) is 10.2. The van der Waals surface area contributed by atoms with Crippen molar-refractivity contribution in [1.29, 1.82) is 0 Å². The molecule has 0 saturated carbocycles. The third kappa shape index (κ3) is 9.25. The summed E-state index contributed by atoms with van der Waals surface area (Å²) in [5.74, 6) is -1.89. The number of rotatable bonds is 6. The van der Waals surface area contributed by atoms with Crippen molar-refractivity contribution in [3.05, 3.63) is 30.3 Å². The van der Waals surface area contributed by atoms with Gasteiger partial charge in [0.1, 0.15) is 0 Å². The number of esters is 1. The maximum absolute atomic E-state index is 12.8. The summed E-state index contributed by atoms with van der Waals surface area (Å²) in [5.41, 5.74) is -1.61. The minimum absolute atomic E-state index is 0.198. The van der Waals surface area contributed by atoms with Crippen molar-refractivity contribution < 1.29 is 23.2 Å². The number of amides is 1. The summed E-state index contributed by atoms with van der Waals surface area (Å²) in [4.78, 5) is 25.1. The van der Waals surface area contributed by atoms with E-state index in [4.69, 9.17) is 13.6 Å². The van der Waals surface area contributed by atoms with Gasteiger partial charge in [-0.05, 0) is 0 Å². The van der Waals surface area contributed by atoms with E-state index in [0.29, 0.717) is 0 Å². The molecule has 0 aliphatic rings. The number of benzene rings is 1. The van der Waals surface area contributed by atoms with Gasteiger partial charge < -0.3 is 0 Å². The van der Waals surface area contributed by atoms with Crippen LogP contribution in [0, 0.1) is 5.92 Å². The molecule has 0 saturated heterocycles. The number of alkyl carbamates (subject to hydrolysis) is 1. The zero-order valence-corrected chi connectivity index (χ0v) is 18.0. The van der Waals surface area contributed by atoms with Gasteiger partial charge in [0.25, 0.3) is 0 Å². The van der Waals surface area contributed by atoms with E-state index in [9.17, 15) is 9.59 Å². The number of carbonyl (C=O) groups excluding carboxylic acids is 2. The molecule has 26 heavy (non-hydrogen) atoms. The summed E-state index contributed by atoms with van der Waals surface area (Å²) in [6, 6.07) is 8.13. The average molecular weight is 431 g/mol. The van der Waals surface area contributed by atoms with Crippen LogP contribution >= 0.6 is 0 Å². The Labute approximate surface area is 167 Å². The Morgan fingerprint density at radius 3 is 2.15 bits per heavy atom. The first-order valence-electron chi connectivity index (χ1n) is 9.99. The number of hydrogen-bond acceptors (Lipinski definition) is 4. The Morgan fingerprint density at radius 2 is 1.65 bits per heavy atom. The van der Waals surface area contributed by atoms with E-state index in [1.54, 1.807) is 41.5 Å². The first-order chi connectivity index (χ1) is 13.1. The predicted molar refractivity (Wildman–Crippen MR) is 105 cm³/mol. The molecule has 1 amide bonds. The van der Waals surface area contributed by atoms with Gasteiger partial charge in [0.15, 0.2) is 0 Å². The zero-order chi connectivity index (χ0) is 22.5. The second-order valence-electron chi connectivity index (χ2n) is 7.89. The molecule has 146 valence electrons. The van der Waals surface area contributed by atoms with E-state index in [0.717, 1.165) is 4.46 Å². The summed E-state index contributed by atoms with van der Waals surface area (Å²) in [5, 5.41) is 2.68. The molecule has 0 fully saturated rings. The molecule has 0 unspecified atom stereocenters. The summed E-state index contributed by atoms with van der Waals surface area (Å²) in [6.07, 6.45) is -0.852. The molecule has 0 aromatic heterocycles. The molecular formula is C20H31NO4Se. The van der Waals surface area contributed by atoms with Gasteiger partial charge in [0, 0.05) is 0 Å². The molecular weight excluding hydrogens is 397 g/mol. The van der Waals surface area contributed by atoms with Crippen LogP contribution < -0.4 is 9.78 Å². The average Bonchev–Trinajstić information content (AvgIpc) is 2.50. The van der Waals surface area contributed by atoms with Crippen LogP contribution in [0.4, 0.5) is 4.79 Å². The van der Waals surface area contributed by atoms with Gasteiger partial charge in [-0.2, -0.15) is 0 Å². The molecule has 1 aromatic rings. The van der Waals surface area contributed by atoms with Crippen molar-refractivity contribution in [2.75, 3.05) is 0 Å². The molecule has 2 atom stereocenters. The molecule has 0 aliphatic heterocycles. The summed E-state index contributed by atoms with van der Waals surface area (Å²) in [7, 11) is 0. The second kappa shape index (κ2) is 9.43. The Balaban J connectivity index is 3.13. The fourth-order valence-electron chi connectivity index (χ4n) is 1.92. The van der Waals surface area contributed by atoms with E-state index >= 15 is 0 Å². The molecule has 0 spiro atoms. The van der Waals surface area contributed by atoms with Crippen LogP contribution in [0.15, 0.2) is 30.3 Å². The number of ether oxygens (including phenoxy) is 2. The van der Waals surface area contributed by atoms with Crippen molar-refractivity contribution >= 4 is 31.5 Å². The molecule has 6 heteroatoms. The molecule has 1 aromatic carbocycles. The van der Waals surface area contributed by atoms with Crippen LogP contribution in [-0.2, 0) is 14.3 Å². The van der Waals surface area contributed by atoms with Crippen molar-refractivity contribution in [3.63, 3.8) is 0 Å². The number of nitrogens with one attached hydrogen (secondary N) is 1. The van der Waals surface area contributed by atoms with Gasteiger partial charge in [-0.25, -0.2) is 0 Å². The van der Waals surface area contributed by atoms with Crippen LogP contribution in [0.3, 0.4) is 0 Å². The third-order valence-corrected chi connectivity index (χ3v) is 5.28. The van der Waals surface area contributed by atoms with Crippen LogP contribution in [0.25, 0.3) is 0 Å². The summed E-state index contributed by atoms with van der Waals surface area (Å²) in [6.45, 7) is 7.67. The first-order valence-corrected chi connectivity index (χ1v) is 10.6. The minimum atomic E-state index is -2.47. The fraction of sp³-hybridized carbons (Fsp3) is 0.600. The van der Waals surface area contributed by atoms with E-state index in [2.05, 4.69) is 5.32 Å². The van der Waals surface area contributed by atoms with Gasteiger partial charge in [-0.15, -0.1) is 0 Å². The van der Waals surface area contributed by atoms with Crippen molar-refractivity contribution in [2.45, 2.75) is 71.0 Å². The molecule has 1 N–H and O–H groups in total. The summed E-state index contributed by atoms with van der Waals surface area (Å²) >= 11 is -0.198. The normalized spacial score (nSPS) is 16.5. The number of hydrogen-bond donors (Lipinski definition) is 1. The standard InChI is InChI=1S/C20H31NO4Se/c1-14(13-26-15-11-9-8-10-12-15)16(17(22)24-19(2,3)4)21-18(23)25-20(5,6)7/h8-12,14,16H,13H2,1-7H3,(H,21,23)/t14-,16-/m1/s1/i1D3. The van der Waals surface area contributed by atoms with E-state index in [1.165, 1.54) is 0 Å². The topological polar surface area (TPSA) is 64.6 Å². The van der Waals surface area contributed by atoms with E-state index < -0.39 is 42.1 Å². The Bertz CT molecular complexity index is 682. The third-order valence-electron chi connectivity index (χ3n) is 2.91. The Hall–Kier alpha value is -1.52. The fourth-order valence-corrected chi connectivity index (χ4v) is 3.84. The van der Waals surface area contributed by atoms with E-state index in [1.807, 2.05) is 30.3 Å². The quantitative estimate of drug-likeness (QED) is 0.555. The Kier molecular flexibility index (Phi) is 6.48. The number of carbonyl (C=O) groups is 2. The van der Waals surface area contributed by atoms with Gasteiger partial charge in [0.05, 0.1) is 0 Å². The van der Waals surface area contributed by atoms with Crippen molar-refractivity contribution in [1.82, 2.24) is 5.32 Å². The van der Waals surface area contributed by atoms with Gasteiger partial charge in [-0.3, -0.25) is 0 Å². The molecule has 0 bridgehead atoms. The van der Waals surface area contributed by atoms with Crippen LogP contribution in [-0.4, -0.2) is 44.3 Å². The molecule has 0 heterocycles. The van der Waals surface area contributed by atoms with Gasteiger partial charge >= 0.3 is 167 Å². The Morgan fingerprint density at radius 1 is 1.08 bits per heavy atom. The zero-order valence-electron chi connectivity index (χ0n) is 19.3. The predicted octanol–water partition coefficient (Wildman–Crippen LogP) is 3.31. The monoisotopic (exact) mass is 432 g/mol. The van der Waals surface area contributed by atoms with Gasteiger partial charge in [-0.1, -0.05) is 0 Å². The molecule has 5 nitrogen and oxygen atoms in total.